The molecule has 0 aliphatic heterocycles. The zero-order valence-electron chi connectivity index (χ0n) is 9.19. The molecule has 0 unspecified atom stereocenters. The molecule has 90 valence electrons. The molecule has 2 fully saturated rings. The molecule has 2 saturated carbocycles. The average Bonchev–Trinajstić information content (AvgIpc) is 2.95. The SMILES string of the molecule is C=C(C)[C@@H]1C[C@]1(N)C(=O)NS(=O)(=O)C1CC1. The van der Waals surface area contributed by atoms with Crippen molar-refractivity contribution in [3.8, 4) is 0 Å². The number of rotatable bonds is 4. The lowest BCUT2D eigenvalue weighted by Crippen LogP contribution is -2.47. The van der Waals surface area contributed by atoms with Gasteiger partial charge in [0.25, 0.3) is 5.91 Å². The van der Waals surface area contributed by atoms with Gasteiger partial charge >= 0.3 is 0 Å². The number of nitrogens with two attached hydrogens (primary N) is 1. The van der Waals surface area contributed by atoms with E-state index in [9.17, 15) is 13.2 Å². The number of sulfonamides is 1. The summed E-state index contributed by atoms with van der Waals surface area (Å²) in [5.41, 5.74) is 5.58. The average molecular weight is 244 g/mol. The van der Waals surface area contributed by atoms with Gasteiger partial charge in [0.2, 0.25) is 10.0 Å². The molecule has 6 heteroatoms. The van der Waals surface area contributed by atoms with Gasteiger partial charge < -0.3 is 5.73 Å². The quantitative estimate of drug-likeness (QED) is 0.675. The first kappa shape index (κ1) is 11.6. The Hall–Kier alpha value is -0.880. The van der Waals surface area contributed by atoms with E-state index in [0.29, 0.717) is 19.3 Å². The van der Waals surface area contributed by atoms with Crippen molar-refractivity contribution in [2.24, 2.45) is 11.7 Å². The van der Waals surface area contributed by atoms with E-state index in [1.54, 1.807) is 6.92 Å². The van der Waals surface area contributed by atoms with Gasteiger partial charge in [-0.05, 0) is 26.2 Å². The minimum absolute atomic E-state index is 0.0955. The lowest BCUT2D eigenvalue weighted by molar-refractivity contribution is -0.121. The van der Waals surface area contributed by atoms with Gasteiger partial charge in [-0.2, -0.15) is 0 Å². The van der Waals surface area contributed by atoms with Crippen LogP contribution in [0.25, 0.3) is 0 Å². The normalized spacial score (nSPS) is 33.2. The molecule has 2 atom stereocenters. The van der Waals surface area contributed by atoms with E-state index < -0.39 is 26.7 Å². The largest absolute Gasteiger partial charge is 0.317 e. The Morgan fingerprint density at radius 2 is 2.06 bits per heavy atom. The van der Waals surface area contributed by atoms with E-state index in [0.717, 1.165) is 5.57 Å². The molecule has 0 aromatic rings. The molecule has 2 aliphatic carbocycles. The molecule has 2 rings (SSSR count). The molecule has 0 aromatic carbocycles. The van der Waals surface area contributed by atoms with Crippen molar-refractivity contribution in [2.75, 3.05) is 0 Å². The van der Waals surface area contributed by atoms with Crippen LogP contribution in [0.15, 0.2) is 12.2 Å². The first-order valence-electron chi connectivity index (χ1n) is 5.28. The number of carbonyl (C=O) groups is 1. The zero-order valence-corrected chi connectivity index (χ0v) is 10.0. The fraction of sp³-hybridized carbons (Fsp3) is 0.700. The fourth-order valence-electron chi connectivity index (χ4n) is 1.83. The maximum absolute atomic E-state index is 11.7. The summed E-state index contributed by atoms with van der Waals surface area (Å²) >= 11 is 0. The molecule has 0 bridgehead atoms. The van der Waals surface area contributed by atoms with E-state index >= 15 is 0 Å². The van der Waals surface area contributed by atoms with Gasteiger partial charge in [0, 0.05) is 5.92 Å². The molecule has 1 amide bonds. The number of amides is 1. The van der Waals surface area contributed by atoms with Gasteiger partial charge in [-0.3, -0.25) is 9.52 Å². The summed E-state index contributed by atoms with van der Waals surface area (Å²) in [5, 5.41) is -0.401. The van der Waals surface area contributed by atoms with Crippen LogP contribution in [0.1, 0.15) is 26.2 Å². The second kappa shape index (κ2) is 3.30. The van der Waals surface area contributed by atoms with E-state index in [4.69, 9.17) is 5.73 Å². The molecule has 16 heavy (non-hydrogen) atoms. The fourth-order valence-corrected chi connectivity index (χ4v) is 3.20. The van der Waals surface area contributed by atoms with Crippen molar-refractivity contribution in [1.29, 1.82) is 0 Å². The zero-order chi connectivity index (χ0) is 12.1. The molecular weight excluding hydrogens is 228 g/mol. The Morgan fingerprint density at radius 3 is 2.44 bits per heavy atom. The molecule has 3 N–H and O–H groups in total. The maximum atomic E-state index is 11.7. The first-order chi connectivity index (χ1) is 7.27. The summed E-state index contributed by atoms with van der Waals surface area (Å²) in [6.07, 6.45) is 1.74. The van der Waals surface area contributed by atoms with Gasteiger partial charge in [-0.15, -0.1) is 0 Å². The lowest BCUT2D eigenvalue weighted by atomic mass is 10.1. The van der Waals surface area contributed by atoms with Crippen LogP contribution in [0.4, 0.5) is 0 Å². The van der Waals surface area contributed by atoms with Crippen molar-refractivity contribution >= 4 is 15.9 Å². The Bertz CT molecular complexity index is 453. The van der Waals surface area contributed by atoms with Gasteiger partial charge in [0.05, 0.1) is 5.25 Å². The van der Waals surface area contributed by atoms with E-state index in [1.807, 2.05) is 0 Å². The van der Waals surface area contributed by atoms with Crippen molar-refractivity contribution < 1.29 is 13.2 Å². The molecule has 0 saturated heterocycles. The van der Waals surface area contributed by atoms with E-state index in [2.05, 4.69) is 11.3 Å². The summed E-state index contributed by atoms with van der Waals surface area (Å²) in [6.45, 7) is 5.52. The Morgan fingerprint density at radius 1 is 1.50 bits per heavy atom. The van der Waals surface area contributed by atoms with Crippen LogP contribution in [0.5, 0.6) is 0 Å². The monoisotopic (exact) mass is 244 g/mol. The molecule has 0 heterocycles. The van der Waals surface area contributed by atoms with Gasteiger partial charge in [0.15, 0.2) is 0 Å². The van der Waals surface area contributed by atoms with Crippen LogP contribution in [0.2, 0.25) is 0 Å². The van der Waals surface area contributed by atoms with Crippen LogP contribution in [0, 0.1) is 5.92 Å². The summed E-state index contributed by atoms with van der Waals surface area (Å²) in [5.74, 6) is -0.686. The van der Waals surface area contributed by atoms with Crippen molar-refractivity contribution in [2.45, 2.75) is 37.0 Å². The van der Waals surface area contributed by atoms with Crippen LogP contribution in [0.3, 0.4) is 0 Å². The number of hydrogen-bond acceptors (Lipinski definition) is 4. The Kier molecular flexibility index (Phi) is 2.40. The molecule has 0 aromatic heterocycles. The highest BCUT2D eigenvalue weighted by Gasteiger charge is 2.58. The Balaban J connectivity index is 2.02. The summed E-state index contributed by atoms with van der Waals surface area (Å²) < 4.78 is 25.2. The minimum atomic E-state index is -3.49. The summed E-state index contributed by atoms with van der Waals surface area (Å²) in [4.78, 5) is 11.7. The van der Waals surface area contributed by atoms with Gasteiger partial charge in [0.1, 0.15) is 5.54 Å². The predicted octanol–water partition coefficient (Wildman–Crippen LogP) is -0.112. The highest BCUT2D eigenvalue weighted by Crippen LogP contribution is 2.46. The minimum Gasteiger partial charge on any atom is -0.317 e. The Labute approximate surface area is 95.1 Å². The lowest BCUT2D eigenvalue weighted by Gasteiger charge is -2.12. The smallest absolute Gasteiger partial charge is 0.254 e. The number of carbonyl (C=O) groups excluding carboxylic acids is 1. The maximum Gasteiger partial charge on any atom is 0.254 e. The number of nitrogens with one attached hydrogen (secondary N) is 1. The van der Waals surface area contributed by atoms with Crippen LogP contribution < -0.4 is 10.5 Å². The topological polar surface area (TPSA) is 89.3 Å². The van der Waals surface area contributed by atoms with Crippen molar-refractivity contribution in [1.82, 2.24) is 4.72 Å². The van der Waals surface area contributed by atoms with Crippen LogP contribution in [-0.4, -0.2) is 25.1 Å². The second-order valence-corrected chi connectivity index (χ2v) is 6.78. The van der Waals surface area contributed by atoms with Crippen molar-refractivity contribution in [3.05, 3.63) is 12.2 Å². The molecule has 0 radical (unpaired) electrons. The highest BCUT2D eigenvalue weighted by atomic mass is 32.2. The van der Waals surface area contributed by atoms with Gasteiger partial charge in [-0.25, -0.2) is 8.42 Å². The van der Waals surface area contributed by atoms with E-state index in [-0.39, 0.29) is 5.92 Å². The predicted molar refractivity (Wildman–Crippen MR) is 59.9 cm³/mol. The van der Waals surface area contributed by atoms with Gasteiger partial charge in [-0.1, -0.05) is 12.2 Å². The standard InChI is InChI=1S/C10H16N2O3S/c1-6(2)8-5-10(8,11)9(13)12-16(14,15)7-3-4-7/h7-8H,1,3-5,11H2,2H3,(H,12,13)/t8-,10+/m0/s1. The third-order valence-corrected chi connectivity index (χ3v) is 5.04. The summed E-state index contributed by atoms with van der Waals surface area (Å²) in [6, 6.07) is 0. The molecule has 5 nitrogen and oxygen atoms in total. The number of hydrogen-bond donors (Lipinski definition) is 2. The second-order valence-electron chi connectivity index (χ2n) is 4.82. The highest BCUT2D eigenvalue weighted by molar-refractivity contribution is 7.90. The third kappa shape index (κ3) is 1.87. The molecule has 2 aliphatic rings. The third-order valence-electron chi connectivity index (χ3n) is 3.22. The van der Waals surface area contributed by atoms with Crippen LogP contribution >= 0.6 is 0 Å². The molecular formula is C10H16N2O3S. The van der Waals surface area contributed by atoms with Crippen LogP contribution in [-0.2, 0) is 14.8 Å². The van der Waals surface area contributed by atoms with E-state index in [1.165, 1.54) is 0 Å². The van der Waals surface area contributed by atoms with Crippen molar-refractivity contribution in [3.63, 3.8) is 0 Å². The first-order valence-corrected chi connectivity index (χ1v) is 6.82. The molecule has 0 spiro atoms. The summed E-state index contributed by atoms with van der Waals surface area (Å²) in [7, 11) is -3.49.